The Kier molecular flexibility index (Phi) is 4.69. The highest BCUT2D eigenvalue weighted by molar-refractivity contribution is 6.30. The average molecular weight is 283 g/mol. The first-order valence-electron chi connectivity index (χ1n) is 5.25. The fourth-order valence-electron chi connectivity index (χ4n) is 2.11. The van der Waals surface area contributed by atoms with Gasteiger partial charge >= 0.3 is 0 Å². The lowest BCUT2D eigenvalue weighted by atomic mass is 9.79. The van der Waals surface area contributed by atoms with E-state index in [-0.39, 0.29) is 35.3 Å². The number of pyridine rings is 1. The van der Waals surface area contributed by atoms with Crippen molar-refractivity contribution in [3.63, 3.8) is 0 Å². The Morgan fingerprint density at radius 2 is 2.29 bits per heavy atom. The molecular formula is C11H14Cl2F2N2. The highest BCUT2D eigenvalue weighted by atomic mass is 35.5. The van der Waals surface area contributed by atoms with Gasteiger partial charge in [-0.15, -0.1) is 12.4 Å². The lowest BCUT2D eigenvalue weighted by Gasteiger charge is -2.36. The molecule has 1 fully saturated rings. The van der Waals surface area contributed by atoms with Crippen molar-refractivity contribution in [1.29, 1.82) is 0 Å². The van der Waals surface area contributed by atoms with E-state index < -0.39 is 11.6 Å². The van der Waals surface area contributed by atoms with E-state index in [0.29, 0.717) is 13.1 Å². The van der Waals surface area contributed by atoms with Gasteiger partial charge in [0, 0.05) is 24.2 Å². The van der Waals surface area contributed by atoms with Gasteiger partial charge in [-0.3, -0.25) is 0 Å². The molecule has 1 aliphatic rings. The molecule has 0 aliphatic carbocycles. The molecule has 2 nitrogen and oxygen atoms in total. The van der Waals surface area contributed by atoms with Crippen molar-refractivity contribution in [2.45, 2.75) is 19.0 Å². The van der Waals surface area contributed by atoms with Gasteiger partial charge in [0.15, 0.2) is 0 Å². The number of nitrogens with zero attached hydrogens (tertiary/aromatic N) is 1. The van der Waals surface area contributed by atoms with Crippen LogP contribution in [0.4, 0.5) is 8.78 Å². The molecule has 17 heavy (non-hydrogen) atoms. The van der Waals surface area contributed by atoms with Crippen LogP contribution in [0.15, 0.2) is 12.3 Å². The van der Waals surface area contributed by atoms with Crippen molar-refractivity contribution in [1.82, 2.24) is 10.3 Å². The minimum absolute atomic E-state index is 0. The van der Waals surface area contributed by atoms with Gasteiger partial charge in [-0.25, -0.2) is 9.37 Å². The highest BCUT2D eigenvalue weighted by Crippen LogP contribution is 2.40. The Morgan fingerprint density at radius 3 is 2.94 bits per heavy atom. The van der Waals surface area contributed by atoms with Gasteiger partial charge in [-0.2, -0.15) is 4.39 Å². The van der Waals surface area contributed by atoms with Gasteiger partial charge in [0.2, 0.25) is 5.95 Å². The first-order chi connectivity index (χ1) is 7.54. The Labute approximate surface area is 110 Å². The predicted molar refractivity (Wildman–Crippen MR) is 65.9 cm³/mol. The van der Waals surface area contributed by atoms with Crippen LogP contribution in [0.3, 0.4) is 0 Å². The van der Waals surface area contributed by atoms with E-state index in [4.69, 9.17) is 11.6 Å². The van der Waals surface area contributed by atoms with E-state index in [1.54, 1.807) is 6.92 Å². The van der Waals surface area contributed by atoms with Crippen LogP contribution in [0.1, 0.15) is 18.9 Å². The molecule has 1 saturated heterocycles. The quantitative estimate of drug-likeness (QED) is 0.801. The van der Waals surface area contributed by atoms with E-state index in [2.05, 4.69) is 10.3 Å². The van der Waals surface area contributed by atoms with E-state index in [9.17, 15) is 8.78 Å². The summed E-state index contributed by atoms with van der Waals surface area (Å²) in [5.74, 6) is -1.06. The minimum Gasteiger partial charge on any atom is -0.316 e. The zero-order valence-corrected chi connectivity index (χ0v) is 10.9. The summed E-state index contributed by atoms with van der Waals surface area (Å²) in [7, 11) is 0. The van der Waals surface area contributed by atoms with E-state index in [1.165, 1.54) is 12.3 Å². The topological polar surface area (TPSA) is 24.9 Å². The summed E-state index contributed by atoms with van der Waals surface area (Å²) in [6.07, 6.45) is 1.43. The maximum Gasteiger partial charge on any atom is 0.219 e. The summed E-state index contributed by atoms with van der Waals surface area (Å²) in [5.41, 5.74) is -1.69. The minimum atomic E-state index is -1.67. The number of aromatic nitrogens is 1. The van der Waals surface area contributed by atoms with Crippen molar-refractivity contribution in [2.75, 3.05) is 13.1 Å². The number of hydrogen-bond acceptors (Lipinski definition) is 2. The molecule has 6 heteroatoms. The largest absolute Gasteiger partial charge is 0.316 e. The molecule has 0 spiro atoms. The molecule has 2 atom stereocenters. The maximum absolute atomic E-state index is 14.8. The zero-order chi connectivity index (χ0) is 11.8. The van der Waals surface area contributed by atoms with Crippen LogP contribution >= 0.6 is 24.0 Å². The molecule has 0 unspecified atom stereocenters. The molecule has 0 radical (unpaired) electrons. The van der Waals surface area contributed by atoms with Crippen LogP contribution in [0.2, 0.25) is 5.02 Å². The van der Waals surface area contributed by atoms with Crippen molar-refractivity contribution in [3.8, 4) is 0 Å². The Balaban J connectivity index is 0.00000144. The van der Waals surface area contributed by atoms with Crippen LogP contribution in [0, 0.1) is 11.9 Å². The number of alkyl halides is 1. The third-order valence-corrected chi connectivity index (χ3v) is 3.36. The molecule has 0 bridgehead atoms. The Bertz CT molecular complexity index is 403. The van der Waals surface area contributed by atoms with Gasteiger partial charge in [-0.1, -0.05) is 18.5 Å². The van der Waals surface area contributed by atoms with E-state index in [1.807, 2.05) is 0 Å². The zero-order valence-electron chi connectivity index (χ0n) is 9.34. The van der Waals surface area contributed by atoms with Crippen molar-refractivity contribution >= 4 is 24.0 Å². The fourth-order valence-corrected chi connectivity index (χ4v) is 2.27. The lowest BCUT2D eigenvalue weighted by Crippen LogP contribution is -2.44. The molecule has 0 saturated carbocycles. The molecule has 1 aromatic rings. The van der Waals surface area contributed by atoms with Crippen molar-refractivity contribution in [2.24, 2.45) is 5.92 Å². The number of hydrogen-bond donors (Lipinski definition) is 1. The predicted octanol–water partition coefficient (Wildman–Crippen LogP) is 3.09. The Morgan fingerprint density at radius 1 is 1.59 bits per heavy atom. The summed E-state index contributed by atoms with van der Waals surface area (Å²) >= 11 is 5.73. The summed E-state index contributed by atoms with van der Waals surface area (Å²) < 4.78 is 28.3. The van der Waals surface area contributed by atoms with E-state index >= 15 is 0 Å². The van der Waals surface area contributed by atoms with Gasteiger partial charge in [-0.05, 0) is 19.0 Å². The monoisotopic (exact) mass is 282 g/mol. The number of halogens is 4. The van der Waals surface area contributed by atoms with Crippen molar-refractivity contribution in [3.05, 3.63) is 28.8 Å². The summed E-state index contributed by atoms with van der Waals surface area (Å²) in [5, 5.41) is 3.34. The first-order valence-corrected chi connectivity index (χ1v) is 5.63. The molecule has 1 N–H and O–H groups in total. The molecule has 1 aromatic heterocycles. The number of nitrogens with one attached hydrogen (secondary N) is 1. The Hall–Kier alpha value is -0.450. The van der Waals surface area contributed by atoms with Crippen molar-refractivity contribution < 1.29 is 8.78 Å². The van der Waals surface area contributed by atoms with Gasteiger partial charge < -0.3 is 5.32 Å². The normalized spacial score (nSPS) is 28.6. The van der Waals surface area contributed by atoms with Crippen LogP contribution in [0.5, 0.6) is 0 Å². The standard InChI is InChI=1S/C11H13ClF2N2.ClH/c1-7-5-15-3-2-11(7,14)9-4-8(12)6-16-10(9)13;/h4,6-7,15H,2-3,5H2,1H3;1H/t7-,11+;/m0./s1. The summed E-state index contributed by atoms with van der Waals surface area (Å²) in [4.78, 5) is 3.47. The third kappa shape index (κ3) is 2.69. The average Bonchev–Trinajstić information content (AvgIpc) is 2.26. The van der Waals surface area contributed by atoms with Crippen LogP contribution in [0.25, 0.3) is 0 Å². The lowest BCUT2D eigenvalue weighted by molar-refractivity contribution is 0.0504. The first kappa shape index (κ1) is 14.6. The highest BCUT2D eigenvalue weighted by Gasteiger charge is 2.42. The second-order valence-electron chi connectivity index (χ2n) is 4.21. The second kappa shape index (κ2) is 5.46. The maximum atomic E-state index is 14.8. The van der Waals surface area contributed by atoms with Crippen LogP contribution in [-0.4, -0.2) is 18.1 Å². The number of rotatable bonds is 1. The summed E-state index contributed by atoms with van der Waals surface area (Å²) in [6.45, 7) is 2.82. The smallest absolute Gasteiger partial charge is 0.219 e. The molecule has 0 aromatic carbocycles. The van der Waals surface area contributed by atoms with Gasteiger partial charge in [0.1, 0.15) is 5.67 Å². The molecule has 96 valence electrons. The summed E-state index contributed by atoms with van der Waals surface area (Å²) in [6, 6.07) is 1.34. The van der Waals surface area contributed by atoms with E-state index in [0.717, 1.165) is 0 Å². The molecule has 2 heterocycles. The molecule has 0 amide bonds. The van der Waals surface area contributed by atoms with Crippen LogP contribution < -0.4 is 5.32 Å². The van der Waals surface area contributed by atoms with Gasteiger partial charge in [0.05, 0.1) is 5.02 Å². The molecule has 2 rings (SSSR count). The van der Waals surface area contributed by atoms with Crippen LogP contribution in [-0.2, 0) is 5.67 Å². The third-order valence-electron chi connectivity index (χ3n) is 3.15. The molecular weight excluding hydrogens is 269 g/mol. The number of piperidine rings is 1. The fraction of sp³-hybridized carbons (Fsp3) is 0.545. The second-order valence-corrected chi connectivity index (χ2v) is 4.65. The van der Waals surface area contributed by atoms with Gasteiger partial charge in [0.25, 0.3) is 0 Å². The SMILES string of the molecule is C[C@H]1CNCC[C@]1(F)c1cc(Cl)cnc1F.Cl. The molecule has 1 aliphatic heterocycles.